The van der Waals surface area contributed by atoms with Gasteiger partial charge in [-0.05, 0) is 42.4 Å². The van der Waals surface area contributed by atoms with Gasteiger partial charge in [-0.1, -0.05) is 45.1 Å². The lowest BCUT2D eigenvalue weighted by molar-refractivity contribution is -0.151. The maximum absolute atomic E-state index is 11.9. The van der Waals surface area contributed by atoms with Crippen molar-refractivity contribution in [2.24, 2.45) is 5.92 Å². The third kappa shape index (κ3) is 5.23. The summed E-state index contributed by atoms with van der Waals surface area (Å²) in [5.74, 6) is -0.709. The van der Waals surface area contributed by atoms with Gasteiger partial charge in [0, 0.05) is 5.69 Å². The van der Waals surface area contributed by atoms with Crippen molar-refractivity contribution in [1.82, 2.24) is 0 Å². The lowest BCUT2D eigenvalue weighted by Gasteiger charge is -2.19. The number of ether oxygens (including phenoxy) is 1. The van der Waals surface area contributed by atoms with Crippen LogP contribution >= 0.6 is 0 Å². The zero-order valence-corrected chi connectivity index (χ0v) is 14.1. The van der Waals surface area contributed by atoms with Crippen molar-refractivity contribution in [3.63, 3.8) is 0 Å². The number of allylic oxidation sites excluding steroid dienone is 2. The summed E-state index contributed by atoms with van der Waals surface area (Å²) in [6.45, 7) is 6.18. The van der Waals surface area contributed by atoms with Crippen LogP contribution in [0.15, 0.2) is 36.4 Å². The van der Waals surface area contributed by atoms with Crippen LogP contribution in [0.4, 0.5) is 5.69 Å². The number of amides is 1. The van der Waals surface area contributed by atoms with Gasteiger partial charge in [0.2, 0.25) is 0 Å². The fourth-order valence-electron chi connectivity index (χ4n) is 2.51. The van der Waals surface area contributed by atoms with E-state index < -0.39 is 0 Å². The Kier molecular flexibility index (Phi) is 5.59. The second-order valence-corrected chi connectivity index (χ2v) is 6.96. The highest BCUT2D eigenvalue weighted by molar-refractivity contribution is 5.92. The van der Waals surface area contributed by atoms with Gasteiger partial charge in [0.05, 0.1) is 5.92 Å². The summed E-state index contributed by atoms with van der Waals surface area (Å²) in [5.41, 5.74) is 1.99. The van der Waals surface area contributed by atoms with Crippen molar-refractivity contribution >= 4 is 17.6 Å². The number of carbonyl (C=O) groups is 2. The smallest absolute Gasteiger partial charge is 0.309 e. The molecule has 1 aromatic carbocycles. The number of rotatable bonds is 4. The van der Waals surface area contributed by atoms with Crippen LogP contribution in [0.3, 0.4) is 0 Å². The summed E-state index contributed by atoms with van der Waals surface area (Å²) in [4.78, 5) is 23.8. The molecule has 1 aromatic rings. The molecule has 0 unspecified atom stereocenters. The van der Waals surface area contributed by atoms with Crippen LogP contribution in [0, 0.1) is 5.92 Å². The summed E-state index contributed by atoms with van der Waals surface area (Å²) in [5, 5.41) is 2.75. The van der Waals surface area contributed by atoms with Gasteiger partial charge >= 0.3 is 5.97 Å². The molecular formula is C19H25NO3. The van der Waals surface area contributed by atoms with Crippen LogP contribution in [0.25, 0.3) is 0 Å². The predicted molar refractivity (Wildman–Crippen MR) is 91.2 cm³/mol. The standard InChI is InChI=1S/C19H25NO3/c1-19(2,3)15-9-11-16(12-10-15)20-17(21)13-23-18(22)14-7-5-4-6-8-14/h4-5,9-12,14H,6-8,13H2,1-3H3,(H,20,21)/t14-/m1/s1. The molecule has 2 rings (SSSR count). The molecule has 0 heterocycles. The fourth-order valence-corrected chi connectivity index (χ4v) is 2.51. The fraction of sp³-hybridized carbons (Fsp3) is 0.474. The minimum Gasteiger partial charge on any atom is -0.455 e. The highest BCUT2D eigenvalue weighted by atomic mass is 16.5. The van der Waals surface area contributed by atoms with E-state index in [-0.39, 0.29) is 29.8 Å². The van der Waals surface area contributed by atoms with Gasteiger partial charge in [-0.15, -0.1) is 0 Å². The van der Waals surface area contributed by atoms with E-state index in [4.69, 9.17) is 4.74 Å². The van der Waals surface area contributed by atoms with Gasteiger partial charge in [0.1, 0.15) is 0 Å². The van der Waals surface area contributed by atoms with Crippen molar-refractivity contribution in [1.29, 1.82) is 0 Å². The van der Waals surface area contributed by atoms with Crippen LogP contribution in [0.1, 0.15) is 45.6 Å². The normalized spacial score (nSPS) is 17.6. The van der Waals surface area contributed by atoms with Gasteiger partial charge < -0.3 is 10.1 Å². The molecule has 1 atom stereocenters. The molecule has 0 radical (unpaired) electrons. The van der Waals surface area contributed by atoms with E-state index in [0.717, 1.165) is 12.8 Å². The first-order valence-electron chi connectivity index (χ1n) is 8.08. The molecule has 1 aliphatic rings. The minimum absolute atomic E-state index is 0.0759. The summed E-state index contributed by atoms with van der Waals surface area (Å²) < 4.78 is 5.11. The molecule has 1 N–H and O–H groups in total. The van der Waals surface area contributed by atoms with E-state index in [9.17, 15) is 9.59 Å². The SMILES string of the molecule is CC(C)(C)c1ccc(NC(=O)COC(=O)[C@@H]2CC=CCC2)cc1. The molecule has 4 nitrogen and oxygen atoms in total. The highest BCUT2D eigenvalue weighted by Crippen LogP contribution is 2.23. The van der Waals surface area contributed by atoms with E-state index in [0.29, 0.717) is 12.1 Å². The number of carbonyl (C=O) groups excluding carboxylic acids is 2. The molecule has 0 aliphatic heterocycles. The second-order valence-electron chi connectivity index (χ2n) is 6.96. The van der Waals surface area contributed by atoms with E-state index in [1.807, 2.05) is 30.3 Å². The third-order valence-corrected chi connectivity index (χ3v) is 3.98. The summed E-state index contributed by atoms with van der Waals surface area (Å²) in [7, 11) is 0. The molecule has 23 heavy (non-hydrogen) atoms. The Morgan fingerprint density at radius 2 is 1.87 bits per heavy atom. The van der Waals surface area contributed by atoms with Crippen molar-refractivity contribution in [3.05, 3.63) is 42.0 Å². The van der Waals surface area contributed by atoms with E-state index in [2.05, 4.69) is 32.2 Å². The molecule has 124 valence electrons. The Morgan fingerprint density at radius 1 is 1.17 bits per heavy atom. The van der Waals surface area contributed by atoms with E-state index in [1.165, 1.54) is 5.56 Å². The molecule has 0 spiro atoms. The zero-order valence-electron chi connectivity index (χ0n) is 14.1. The largest absolute Gasteiger partial charge is 0.455 e. The van der Waals surface area contributed by atoms with Gasteiger partial charge in [0.25, 0.3) is 5.91 Å². The van der Waals surface area contributed by atoms with Crippen LogP contribution in [-0.2, 0) is 19.7 Å². The van der Waals surface area contributed by atoms with E-state index in [1.54, 1.807) is 0 Å². The van der Waals surface area contributed by atoms with Crippen molar-refractivity contribution in [2.45, 2.75) is 45.4 Å². The number of esters is 1. The van der Waals surface area contributed by atoms with Crippen LogP contribution in [0.2, 0.25) is 0 Å². The Bertz CT molecular complexity index is 582. The van der Waals surface area contributed by atoms with Gasteiger partial charge in [-0.3, -0.25) is 9.59 Å². The Balaban J connectivity index is 1.80. The quantitative estimate of drug-likeness (QED) is 0.679. The van der Waals surface area contributed by atoms with Crippen molar-refractivity contribution < 1.29 is 14.3 Å². The van der Waals surface area contributed by atoms with Gasteiger partial charge in [-0.2, -0.15) is 0 Å². The summed E-state index contributed by atoms with van der Waals surface area (Å²) in [6.07, 6.45) is 6.45. The number of benzene rings is 1. The number of hydrogen-bond acceptors (Lipinski definition) is 3. The molecule has 4 heteroatoms. The maximum atomic E-state index is 11.9. The summed E-state index contributed by atoms with van der Waals surface area (Å²) in [6, 6.07) is 7.73. The van der Waals surface area contributed by atoms with Gasteiger partial charge in [-0.25, -0.2) is 0 Å². The van der Waals surface area contributed by atoms with Crippen molar-refractivity contribution in [3.8, 4) is 0 Å². The lowest BCUT2D eigenvalue weighted by Crippen LogP contribution is -2.25. The topological polar surface area (TPSA) is 55.4 Å². The maximum Gasteiger partial charge on any atom is 0.309 e. The monoisotopic (exact) mass is 315 g/mol. The summed E-state index contributed by atoms with van der Waals surface area (Å²) >= 11 is 0. The molecular weight excluding hydrogens is 290 g/mol. The highest BCUT2D eigenvalue weighted by Gasteiger charge is 2.21. The molecule has 1 amide bonds. The molecule has 0 saturated heterocycles. The lowest BCUT2D eigenvalue weighted by atomic mass is 9.87. The van der Waals surface area contributed by atoms with Crippen LogP contribution < -0.4 is 5.32 Å². The van der Waals surface area contributed by atoms with Gasteiger partial charge in [0.15, 0.2) is 6.61 Å². The van der Waals surface area contributed by atoms with Crippen LogP contribution in [-0.4, -0.2) is 18.5 Å². The first-order valence-corrected chi connectivity index (χ1v) is 8.08. The minimum atomic E-state index is -0.312. The molecule has 0 aromatic heterocycles. The second kappa shape index (κ2) is 7.44. The first-order chi connectivity index (χ1) is 10.9. The Morgan fingerprint density at radius 3 is 2.43 bits per heavy atom. The average Bonchev–Trinajstić information content (AvgIpc) is 2.53. The Hall–Kier alpha value is -2.10. The third-order valence-electron chi connectivity index (χ3n) is 3.98. The Labute approximate surface area is 137 Å². The molecule has 0 saturated carbocycles. The molecule has 0 fully saturated rings. The van der Waals surface area contributed by atoms with Crippen LogP contribution in [0.5, 0.6) is 0 Å². The number of nitrogens with one attached hydrogen (secondary N) is 1. The average molecular weight is 315 g/mol. The number of anilines is 1. The predicted octanol–water partition coefficient (Wildman–Crippen LogP) is 3.82. The molecule has 1 aliphatic carbocycles. The first kappa shape index (κ1) is 17.3. The van der Waals surface area contributed by atoms with E-state index >= 15 is 0 Å². The zero-order chi connectivity index (χ0) is 16.9. The van der Waals surface area contributed by atoms with Crippen molar-refractivity contribution in [2.75, 3.05) is 11.9 Å². The number of hydrogen-bond donors (Lipinski definition) is 1. The molecule has 0 bridgehead atoms.